The summed E-state index contributed by atoms with van der Waals surface area (Å²) < 4.78 is 10.0. The maximum atomic E-state index is 12.0. The molecule has 1 unspecified atom stereocenters. The van der Waals surface area contributed by atoms with Crippen molar-refractivity contribution in [1.82, 2.24) is 15.1 Å². The summed E-state index contributed by atoms with van der Waals surface area (Å²) in [5.41, 5.74) is 1.02. The first-order chi connectivity index (χ1) is 13.4. The van der Waals surface area contributed by atoms with Gasteiger partial charge in [-0.25, -0.2) is 4.98 Å². The van der Waals surface area contributed by atoms with Crippen molar-refractivity contribution in [3.63, 3.8) is 0 Å². The maximum Gasteiger partial charge on any atom is 0.306 e. The molecule has 0 fully saturated rings. The van der Waals surface area contributed by atoms with Crippen LogP contribution in [0.1, 0.15) is 31.3 Å². The second-order valence-electron chi connectivity index (χ2n) is 6.34. The van der Waals surface area contributed by atoms with E-state index in [1.54, 1.807) is 31.2 Å². The maximum absolute atomic E-state index is 12.0. The average molecular weight is 384 g/mol. The number of carbonyl (C=O) groups excluding carboxylic acids is 2. The lowest BCUT2D eigenvalue weighted by Gasteiger charge is -2.12. The molecule has 0 aliphatic carbocycles. The second kappa shape index (κ2) is 8.47. The van der Waals surface area contributed by atoms with Crippen molar-refractivity contribution in [2.45, 2.75) is 39.2 Å². The number of nitrogens with one attached hydrogen (secondary N) is 2. The molecule has 2 N–H and O–H groups in total. The lowest BCUT2D eigenvalue weighted by atomic mass is 10.2. The highest BCUT2D eigenvalue weighted by atomic mass is 16.5. The molecule has 9 nitrogen and oxygen atoms in total. The van der Waals surface area contributed by atoms with Crippen LogP contribution in [-0.2, 0) is 20.7 Å². The fraction of sp³-hybridized carbons (Fsp3) is 0.316. The van der Waals surface area contributed by atoms with Gasteiger partial charge in [0.15, 0.2) is 6.10 Å². The summed E-state index contributed by atoms with van der Waals surface area (Å²) in [5, 5.41) is 6.65. The minimum absolute atomic E-state index is 0.0928. The first-order valence-corrected chi connectivity index (χ1v) is 8.84. The number of benzene rings is 1. The number of carbonyl (C=O) groups is 2. The number of aromatic nitrogens is 3. The number of H-pyrrole nitrogens is 1. The molecule has 146 valence electrons. The molecule has 0 saturated heterocycles. The largest absolute Gasteiger partial charge is 0.453 e. The van der Waals surface area contributed by atoms with Crippen LogP contribution < -0.4 is 10.9 Å². The number of para-hydroxylation sites is 1. The van der Waals surface area contributed by atoms with Gasteiger partial charge in [-0.15, -0.1) is 0 Å². The molecular weight excluding hydrogens is 364 g/mol. The zero-order valence-electron chi connectivity index (χ0n) is 15.5. The highest BCUT2D eigenvalue weighted by molar-refractivity contribution is 5.94. The number of ether oxygens (including phenoxy) is 1. The number of hydrogen-bond acceptors (Lipinski definition) is 7. The van der Waals surface area contributed by atoms with Gasteiger partial charge in [0.2, 0.25) is 5.88 Å². The minimum atomic E-state index is -0.975. The van der Waals surface area contributed by atoms with Crippen LogP contribution in [0.5, 0.6) is 0 Å². The van der Waals surface area contributed by atoms with Crippen LogP contribution in [0.25, 0.3) is 10.9 Å². The molecule has 0 radical (unpaired) electrons. The minimum Gasteiger partial charge on any atom is -0.453 e. The van der Waals surface area contributed by atoms with Gasteiger partial charge in [0.1, 0.15) is 5.82 Å². The molecule has 9 heteroatoms. The van der Waals surface area contributed by atoms with Crippen molar-refractivity contribution in [3.8, 4) is 0 Å². The van der Waals surface area contributed by atoms with Gasteiger partial charge in [-0.2, -0.15) is 0 Å². The van der Waals surface area contributed by atoms with Crippen molar-refractivity contribution in [3.05, 3.63) is 52.2 Å². The smallest absolute Gasteiger partial charge is 0.306 e. The van der Waals surface area contributed by atoms with E-state index in [9.17, 15) is 14.4 Å². The van der Waals surface area contributed by atoms with Gasteiger partial charge in [-0.3, -0.25) is 19.7 Å². The third-order valence-electron chi connectivity index (χ3n) is 4.01. The molecule has 2 aromatic heterocycles. The zero-order chi connectivity index (χ0) is 20.1. The summed E-state index contributed by atoms with van der Waals surface area (Å²) in [6, 6.07) is 8.61. The Hall–Kier alpha value is -3.49. The number of esters is 1. The van der Waals surface area contributed by atoms with Crippen molar-refractivity contribution >= 4 is 28.7 Å². The third kappa shape index (κ3) is 4.81. The number of anilines is 1. The van der Waals surface area contributed by atoms with Crippen LogP contribution >= 0.6 is 0 Å². The molecular formula is C19H20N4O5. The van der Waals surface area contributed by atoms with Crippen molar-refractivity contribution in [1.29, 1.82) is 0 Å². The number of hydrogen-bond donors (Lipinski definition) is 2. The summed E-state index contributed by atoms with van der Waals surface area (Å²) in [7, 11) is 0. The van der Waals surface area contributed by atoms with Crippen LogP contribution in [0.3, 0.4) is 0 Å². The van der Waals surface area contributed by atoms with E-state index >= 15 is 0 Å². The third-order valence-corrected chi connectivity index (χ3v) is 4.01. The van der Waals surface area contributed by atoms with E-state index in [4.69, 9.17) is 9.26 Å². The number of rotatable bonds is 7. The molecule has 3 rings (SSSR count). The van der Waals surface area contributed by atoms with Gasteiger partial charge in [-0.05, 0) is 32.4 Å². The lowest BCUT2D eigenvalue weighted by molar-refractivity contribution is -0.153. The highest BCUT2D eigenvalue weighted by Gasteiger charge is 2.19. The summed E-state index contributed by atoms with van der Waals surface area (Å²) >= 11 is 0. The summed E-state index contributed by atoms with van der Waals surface area (Å²) in [4.78, 5) is 43.1. The van der Waals surface area contributed by atoms with Crippen LogP contribution in [0.15, 0.2) is 39.6 Å². The normalized spacial score (nSPS) is 11.9. The number of nitrogens with zero attached hydrogens (tertiary/aromatic N) is 2. The molecule has 3 aromatic rings. The van der Waals surface area contributed by atoms with E-state index in [1.807, 2.05) is 6.07 Å². The van der Waals surface area contributed by atoms with Gasteiger partial charge >= 0.3 is 5.97 Å². The fourth-order valence-corrected chi connectivity index (χ4v) is 2.61. The first kappa shape index (κ1) is 19.3. The number of amides is 1. The molecule has 1 atom stereocenters. The van der Waals surface area contributed by atoms with E-state index in [0.717, 1.165) is 0 Å². The van der Waals surface area contributed by atoms with E-state index in [0.29, 0.717) is 35.3 Å². The summed E-state index contributed by atoms with van der Waals surface area (Å²) in [6.07, 6.45) is -0.0465. The zero-order valence-corrected chi connectivity index (χ0v) is 15.5. The number of aromatic amines is 1. The Morgan fingerprint density at radius 2 is 2.11 bits per heavy atom. The highest BCUT2D eigenvalue weighted by Crippen LogP contribution is 2.11. The molecule has 0 spiro atoms. The summed E-state index contributed by atoms with van der Waals surface area (Å²) in [6.45, 7) is 3.19. The molecule has 1 amide bonds. The van der Waals surface area contributed by atoms with Crippen molar-refractivity contribution < 1.29 is 18.8 Å². The van der Waals surface area contributed by atoms with E-state index < -0.39 is 18.0 Å². The van der Waals surface area contributed by atoms with Gasteiger partial charge < -0.3 is 14.2 Å². The van der Waals surface area contributed by atoms with Gasteiger partial charge in [0, 0.05) is 18.9 Å². The van der Waals surface area contributed by atoms with Crippen LogP contribution in [0, 0.1) is 6.92 Å². The SMILES string of the molecule is Cc1cc(NC(=O)C(C)OC(=O)CCCc2nc3ccccc3c(=O)[nH]2)on1. The predicted octanol–water partition coefficient (Wildman–Crippen LogP) is 2.11. The van der Waals surface area contributed by atoms with Crippen LogP contribution in [-0.4, -0.2) is 33.1 Å². The monoisotopic (exact) mass is 384 g/mol. The van der Waals surface area contributed by atoms with Gasteiger partial charge in [-0.1, -0.05) is 17.3 Å². The average Bonchev–Trinajstić information content (AvgIpc) is 3.06. The second-order valence-corrected chi connectivity index (χ2v) is 6.34. The predicted molar refractivity (Wildman–Crippen MR) is 101 cm³/mol. The topological polar surface area (TPSA) is 127 Å². The van der Waals surface area contributed by atoms with Crippen molar-refractivity contribution in [2.75, 3.05) is 5.32 Å². The van der Waals surface area contributed by atoms with Crippen molar-refractivity contribution in [2.24, 2.45) is 0 Å². The Balaban J connectivity index is 1.47. The molecule has 1 aromatic carbocycles. The molecule has 0 aliphatic rings. The number of aryl methyl sites for hydroxylation is 2. The Labute approximate surface area is 160 Å². The van der Waals surface area contributed by atoms with Gasteiger partial charge in [0.25, 0.3) is 11.5 Å². The molecule has 28 heavy (non-hydrogen) atoms. The molecule has 0 bridgehead atoms. The van der Waals surface area contributed by atoms with Crippen LogP contribution in [0.2, 0.25) is 0 Å². The Bertz CT molecular complexity index is 1060. The Morgan fingerprint density at radius 3 is 2.86 bits per heavy atom. The van der Waals surface area contributed by atoms with E-state index in [-0.39, 0.29) is 17.9 Å². The van der Waals surface area contributed by atoms with Crippen LogP contribution in [0.4, 0.5) is 5.88 Å². The van der Waals surface area contributed by atoms with Gasteiger partial charge in [0.05, 0.1) is 16.6 Å². The molecule has 0 saturated carbocycles. The Kier molecular flexibility index (Phi) is 5.83. The first-order valence-electron chi connectivity index (χ1n) is 8.84. The fourth-order valence-electron chi connectivity index (χ4n) is 2.61. The van der Waals surface area contributed by atoms with E-state index in [2.05, 4.69) is 20.4 Å². The Morgan fingerprint density at radius 1 is 1.32 bits per heavy atom. The summed E-state index contributed by atoms with van der Waals surface area (Å²) in [5.74, 6) is -0.329. The quantitative estimate of drug-likeness (QED) is 0.597. The molecule has 0 aliphatic heterocycles. The molecule has 2 heterocycles. The van der Waals surface area contributed by atoms with E-state index in [1.165, 1.54) is 6.92 Å². The lowest BCUT2D eigenvalue weighted by Crippen LogP contribution is -2.29. The number of fused-ring (bicyclic) bond motifs is 1. The standard InChI is InChI=1S/C19H20N4O5/c1-11-10-16(28-23-11)22-18(25)12(2)27-17(24)9-5-8-15-20-14-7-4-3-6-13(14)19(26)21-15/h3-4,6-7,10,12H,5,8-9H2,1-2H3,(H,22,25)(H,20,21,26).